The van der Waals surface area contributed by atoms with Gasteiger partial charge in [0.25, 0.3) is 0 Å². The van der Waals surface area contributed by atoms with Crippen molar-refractivity contribution in [2.45, 2.75) is 0 Å². The van der Waals surface area contributed by atoms with Gasteiger partial charge in [-0.25, -0.2) is 9.40 Å². The van der Waals surface area contributed by atoms with Crippen LogP contribution in [-0.2, 0) is 0 Å². The van der Waals surface area contributed by atoms with Gasteiger partial charge in [-0.1, -0.05) is 44.0 Å². The Labute approximate surface area is 156 Å². The summed E-state index contributed by atoms with van der Waals surface area (Å²) < 4.78 is 13.9. The van der Waals surface area contributed by atoms with E-state index in [1.54, 1.807) is 24.2 Å². The second kappa shape index (κ2) is 8.52. The lowest BCUT2D eigenvalue weighted by Gasteiger charge is -2.17. The maximum absolute atomic E-state index is 12.9. The molecule has 3 nitrogen and oxygen atoms in total. The summed E-state index contributed by atoms with van der Waals surface area (Å²) in [6, 6.07) is 13.9. The van der Waals surface area contributed by atoms with Crippen LogP contribution in [0, 0.1) is 5.82 Å². The van der Waals surface area contributed by atoms with Gasteiger partial charge in [-0.3, -0.25) is 0 Å². The molecule has 0 fully saturated rings. The molecular formula is C16H14Br2FN3S. The third kappa shape index (κ3) is 5.37. The maximum atomic E-state index is 12.9. The number of hydrogen-bond acceptors (Lipinski definition) is 2. The SMILES string of the molecule is CN(/N=C(/CBr)c1ccc(Br)cc1)C(=S)Nc1ccc(F)cc1. The molecule has 0 saturated heterocycles. The van der Waals surface area contributed by atoms with Gasteiger partial charge >= 0.3 is 0 Å². The average molecular weight is 459 g/mol. The molecule has 23 heavy (non-hydrogen) atoms. The maximum Gasteiger partial charge on any atom is 0.193 e. The minimum Gasteiger partial charge on any atom is -0.331 e. The molecule has 0 unspecified atom stereocenters. The lowest BCUT2D eigenvalue weighted by Crippen LogP contribution is -2.28. The highest BCUT2D eigenvalue weighted by atomic mass is 79.9. The summed E-state index contributed by atoms with van der Waals surface area (Å²) in [5.41, 5.74) is 2.56. The third-order valence-corrected chi connectivity index (χ3v) is 4.39. The Kier molecular flexibility index (Phi) is 6.68. The molecule has 7 heteroatoms. The summed E-state index contributed by atoms with van der Waals surface area (Å²) >= 11 is 12.2. The first-order valence-electron chi connectivity index (χ1n) is 6.69. The van der Waals surface area contributed by atoms with Crippen LogP contribution >= 0.6 is 44.1 Å². The number of anilines is 1. The highest BCUT2D eigenvalue weighted by molar-refractivity contribution is 9.10. The van der Waals surface area contributed by atoms with Crippen molar-refractivity contribution in [3.05, 3.63) is 64.4 Å². The molecule has 0 heterocycles. The normalized spacial score (nSPS) is 11.2. The number of alkyl halides is 1. The molecule has 0 bridgehead atoms. The van der Waals surface area contributed by atoms with Gasteiger partial charge in [-0.2, -0.15) is 5.10 Å². The van der Waals surface area contributed by atoms with Crippen molar-refractivity contribution in [1.82, 2.24) is 5.01 Å². The first kappa shape index (κ1) is 18.0. The molecule has 0 aromatic heterocycles. The minimum atomic E-state index is -0.287. The molecule has 2 aromatic rings. The second-order valence-electron chi connectivity index (χ2n) is 4.65. The summed E-state index contributed by atoms with van der Waals surface area (Å²) in [7, 11) is 1.76. The quantitative estimate of drug-likeness (QED) is 0.302. The van der Waals surface area contributed by atoms with Crippen LogP contribution < -0.4 is 5.32 Å². The fourth-order valence-corrected chi connectivity index (χ4v) is 2.63. The van der Waals surface area contributed by atoms with Crippen LogP contribution in [0.15, 0.2) is 58.1 Å². The third-order valence-electron chi connectivity index (χ3n) is 2.96. The molecule has 0 aliphatic heterocycles. The van der Waals surface area contributed by atoms with E-state index < -0.39 is 0 Å². The predicted molar refractivity (Wildman–Crippen MR) is 105 cm³/mol. The summed E-state index contributed by atoms with van der Waals surface area (Å²) in [6.45, 7) is 0. The van der Waals surface area contributed by atoms with Gasteiger partial charge in [0.05, 0.1) is 5.71 Å². The van der Waals surface area contributed by atoms with Gasteiger partial charge in [0.2, 0.25) is 0 Å². The minimum absolute atomic E-state index is 0.287. The lowest BCUT2D eigenvalue weighted by atomic mass is 10.1. The molecule has 0 spiro atoms. The van der Waals surface area contributed by atoms with Gasteiger partial charge in [-0.05, 0) is 54.2 Å². The topological polar surface area (TPSA) is 27.6 Å². The molecule has 2 aromatic carbocycles. The zero-order valence-corrected chi connectivity index (χ0v) is 16.3. The first-order valence-corrected chi connectivity index (χ1v) is 9.01. The molecule has 0 aliphatic carbocycles. The van der Waals surface area contributed by atoms with Gasteiger partial charge < -0.3 is 5.32 Å². The van der Waals surface area contributed by atoms with E-state index >= 15 is 0 Å². The number of hydrogen-bond donors (Lipinski definition) is 1. The van der Waals surface area contributed by atoms with Gasteiger partial charge in [0, 0.05) is 22.5 Å². The van der Waals surface area contributed by atoms with E-state index in [2.05, 4.69) is 42.3 Å². The van der Waals surface area contributed by atoms with Crippen LogP contribution in [0.25, 0.3) is 0 Å². The van der Waals surface area contributed by atoms with E-state index in [1.165, 1.54) is 12.1 Å². The Morgan fingerprint density at radius 2 is 1.78 bits per heavy atom. The molecule has 2 rings (SSSR count). The Balaban J connectivity index is 2.10. The Bertz CT molecular complexity index is 702. The van der Waals surface area contributed by atoms with Gasteiger partial charge in [-0.15, -0.1) is 0 Å². The predicted octanol–water partition coefficient (Wildman–Crippen LogP) is 5.02. The van der Waals surface area contributed by atoms with Crippen molar-refractivity contribution >= 4 is 60.6 Å². The van der Waals surface area contributed by atoms with Crippen LogP contribution in [0.2, 0.25) is 0 Å². The number of hydrazone groups is 1. The lowest BCUT2D eigenvalue weighted by molar-refractivity contribution is 0.553. The Morgan fingerprint density at radius 3 is 2.35 bits per heavy atom. The van der Waals surface area contributed by atoms with Crippen molar-refractivity contribution in [2.75, 3.05) is 17.7 Å². The molecular weight excluding hydrogens is 445 g/mol. The smallest absolute Gasteiger partial charge is 0.193 e. The van der Waals surface area contributed by atoms with Crippen LogP contribution in [0.1, 0.15) is 5.56 Å². The van der Waals surface area contributed by atoms with Crippen LogP contribution in [-0.4, -0.2) is 28.2 Å². The number of halogens is 3. The van der Waals surface area contributed by atoms with Crippen molar-refractivity contribution in [1.29, 1.82) is 0 Å². The molecule has 0 amide bonds. The van der Waals surface area contributed by atoms with Crippen molar-refractivity contribution in [3.8, 4) is 0 Å². The Morgan fingerprint density at radius 1 is 1.17 bits per heavy atom. The van der Waals surface area contributed by atoms with E-state index in [9.17, 15) is 4.39 Å². The largest absolute Gasteiger partial charge is 0.331 e. The fraction of sp³-hybridized carbons (Fsp3) is 0.125. The van der Waals surface area contributed by atoms with Crippen molar-refractivity contribution < 1.29 is 4.39 Å². The first-order chi connectivity index (χ1) is 11.0. The van der Waals surface area contributed by atoms with Crippen molar-refractivity contribution in [3.63, 3.8) is 0 Å². The van der Waals surface area contributed by atoms with Crippen LogP contribution in [0.4, 0.5) is 10.1 Å². The Hall–Kier alpha value is -1.31. The second-order valence-corrected chi connectivity index (χ2v) is 6.51. The van der Waals surface area contributed by atoms with Crippen molar-refractivity contribution in [2.24, 2.45) is 5.10 Å². The fourth-order valence-electron chi connectivity index (χ4n) is 1.77. The molecule has 0 saturated carbocycles. The van der Waals surface area contributed by atoms with Crippen LogP contribution in [0.5, 0.6) is 0 Å². The molecule has 0 atom stereocenters. The average Bonchev–Trinajstić information content (AvgIpc) is 2.55. The molecule has 0 aliphatic rings. The summed E-state index contributed by atoms with van der Waals surface area (Å²) in [6.07, 6.45) is 0. The molecule has 0 radical (unpaired) electrons. The zero-order valence-electron chi connectivity index (χ0n) is 12.3. The van der Waals surface area contributed by atoms with Gasteiger partial charge in [0.15, 0.2) is 5.11 Å². The summed E-state index contributed by atoms with van der Waals surface area (Å²) in [4.78, 5) is 0. The standard InChI is InChI=1S/C16H14Br2FN3S/c1-22(16(23)20-14-8-6-13(19)7-9-14)21-15(10-17)11-2-4-12(18)5-3-11/h2-9H,10H2,1H3,(H,20,23)/b21-15-. The monoisotopic (exact) mass is 457 g/mol. The highest BCUT2D eigenvalue weighted by Gasteiger charge is 2.08. The molecule has 1 N–H and O–H groups in total. The van der Waals surface area contributed by atoms with E-state index in [0.29, 0.717) is 16.1 Å². The van der Waals surface area contributed by atoms with E-state index in [0.717, 1.165) is 15.7 Å². The number of nitrogens with one attached hydrogen (secondary N) is 1. The zero-order chi connectivity index (χ0) is 16.8. The van der Waals surface area contributed by atoms with Gasteiger partial charge in [0.1, 0.15) is 5.82 Å². The number of benzene rings is 2. The number of rotatable bonds is 4. The van der Waals surface area contributed by atoms with E-state index in [1.807, 2.05) is 24.3 Å². The molecule has 120 valence electrons. The summed E-state index contributed by atoms with van der Waals surface area (Å²) in [5, 5.41) is 10.1. The van der Waals surface area contributed by atoms with E-state index in [4.69, 9.17) is 12.2 Å². The number of thiocarbonyl (C=S) groups is 1. The highest BCUT2D eigenvalue weighted by Crippen LogP contribution is 2.13. The summed E-state index contributed by atoms with van der Waals surface area (Å²) in [5.74, 6) is -0.287. The van der Waals surface area contributed by atoms with Crippen LogP contribution in [0.3, 0.4) is 0 Å². The van der Waals surface area contributed by atoms with E-state index in [-0.39, 0.29) is 5.82 Å². The number of nitrogens with zero attached hydrogens (tertiary/aromatic N) is 2.